The highest BCUT2D eigenvalue weighted by Crippen LogP contribution is 2.18. The fourth-order valence-electron chi connectivity index (χ4n) is 1.32. The van der Waals surface area contributed by atoms with Crippen molar-refractivity contribution in [2.24, 2.45) is 0 Å². The number of aliphatic hydroxyl groups excluding tert-OH is 1. The van der Waals surface area contributed by atoms with Crippen molar-refractivity contribution >= 4 is 23.4 Å². The predicted octanol–water partition coefficient (Wildman–Crippen LogP) is 1.25. The normalized spacial score (nSPS) is 10.2. The molecule has 1 aromatic heterocycles. The van der Waals surface area contributed by atoms with E-state index in [1.54, 1.807) is 4.90 Å². The van der Waals surface area contributed by atoms with Gasteiger partial charge in [0.1, 0.15) is 11.0 Å². The van der Waals surface area contributed by atoms with E-state index in [0.717, 1.165) is 0 Å². The Labute approximate surface area is 98.3 Å². The molecule has 0 unspecified atom stereocenters. The molecule has 0 fully saturated rings. The second kappa shape index (κ2) is 5.67. The van der Waals surface area contributed by atoms with Crippen LogP contribution in [0.15, 0.2) is 12.1 Å². The Hall–Kier alpha value is -1.33. The molecule has 0 saturated carbocycles. The van der Waals surface area contributed by atoms with Crippen LogP contribution in [-0.2, 0) is 0 Å². The third-order valence-corrected chi connectivity index (χ3v) is 2.30. The summed E-state index contributed by atoms with van der Waals surface area (Å²) < 4.78 is 0. The zero-order valence-corrected chi connectivity index (χ0v) is 9.61. The van der Waals surface area contributed by atoms with Crippen molar-refractivity contribution in [3.05, 3.63) is 22.8 Å². The topological polar surface area (TPSA) is 73.7 Å². The fourth-order valence-corrected chi connectivity index (χ4v) is 1.53. The second-order valence-electron chi connectivity index (χ2n) is 3.15. The van der Waals surface area contributed by atoms with Gasteiger partial charge in [0, 0.05) is 13.1 Å². The largest absolute Gasteiger partial charge is 0.478 e. The second-order valence-corrected chi connectivity index (χ2v) is 3.53. The Morgan fingerprint density at radius 3 is 2.75 bits per heavy atom. The monoisotopic (exact) mass is 244 g/mol. The van der Waals surface area contributed by atoms with Crippen LogP contribution >= 0.6 is 11.6 Å². The first-order valence-electron chi connectivity index (χ1n) is 4.85. The van der Waals surface area contributed by atoms with Crippen molar-refractivity contribution < 1.29 is 15.0 Å². The molecule has 1 heterocycles. The molecule has 0 spiro atoms. The smallest absolute Gasteiger partial charge is 0.335 e. The quantitative estimate of drug-likeness (QED) is 0.763. The molecule has 6 heteroatoms. The Bertz CT molecular complexity index is 384. The number of aromatic nitrogens is 1. The van der Waals surface area contributed by atoms with E-state index in [4.69, 9.17) is 21.8 Å². The summed E-state index contributed by atoms with van der Waals surface area (Å²) in [7, 11) is 0. The molecule has 88 valence electrons. The van der Waals surface area contributed by atoms with E-state index in [0.29, 0.717) is 18.9 Å². The lowest BCUT2D eigenvalue weighted by Crippen LogP contribution is -2.27. The van der Waals surface area contributed by atoms with Crippen LogP contribution in [0.5, 0.6) is 0 Å². The zero-order valence-electron chi connectivity index (χ0n) is 8.85. The molecule has 0 saturated heterocycles. The Morgan fingerprint density at radius 1 is 1.56 bits per heavy atom. The van der Waals surface area contributed by atoms with Gasteiger partial charge < -0.3 is 15.1 Å². The number of pyridine rings is 1. The molecule has 0 aromatic carbocycles. The number of carboxylic acid groups (broad SMARTS) is 1. The number of nitrogens with zero attached hydrogens (tertiary/aromatic N) is 2. The minimum absolute atomic E-state index is 0.0234. The van der Waals surface area contributed by atoms with E-state index in [-0.39, 0.29) is 17.3 Å². The maximum Gasteiger partial charge on any atom is 0.335 e. The third kappa shape index (κ3) is 3.08. The van der Waals surface area contributed by atoms with Crippen LogP contribution in [0.2, 0.25) is 5.15 Å². The van der Waals surface area contributed by atoms with Gasteiger partial charge in [-0.1, -0.05) is 11.6 Å². The molecule has 0 radical (unpaired) electrons. The summed E-state index contributed by atoms with van der Waals surface area (Å²) >= 11 is 5.73. The van der Waals surface area contributed by atoms with Gasteiger partial charge in [0.2, 0.25) is 0 Å². The van der Waals surface area contributed by atoms with Gasteiger partial charge in [-0.3, -0.25) is 0 Å². The molecule has 2 N–H and O–H groups in total. The summed E-state index contributed by atoms with van der Waals surface area (Å²) in [6, 6.07) is 2.73. The number of rotatable bonds is 5. The summed E-state index contributed by atoms with van der Waals surface area (Å²) in [4.78, 5) is 16.6. The van der Waals surface area contributed by atoms with E-state index < -0.39 is 5.97 Å². The van der Waals surface area contributed by atoms with Gasteiger partial charge in [-0.25, -0.2) is 9.78 Å². The average Bonchev–Trinajstić information content (AvgIpc) is 2.24. The number of hydrogen-bond donors (Lipinski definition) is 2. The molecule has 1 rings (SSSR count). The molecule has 5 nitrogen and oxygen atoms in total. The van der Waals surface area contributed by atoms with Gasteiger partial charge in [-0.15, -0.1) is 0 Å². The summed E-state index contributed by atoms with van der Waals surface area (Å²) in [5.74, 6) is -0.591. The lowest BCUT2D eigenvalue weighted by molar-refractivity contribution is 0.0697. The van der Waals surface area contributed by atoms with Gasteiger partial charge >= 0.3 is 5.97 Å². The SMILES string of the molecule is CCN(CCO)c1cc(C(=O)O)cc(Cl)n1. The Balaban J connectivity index is 3.07. The molecule has 0 aliphatic rings. The summed E-state index contributed by atoms with van der Waals surface area (Å²) in [5.41, 5.74) is 0.0892. The van der Waals surface area contributed by atoms with Crippen molar-refractivity contribution in [3.8, 4) is 0 Å². The first kappa shape index (κ1) is 12.7. The lowest BCUT2D eigenvalue weighted by atomic mass is 10.2. The van der Waals surface area contributed by atoms with E-state index in [1.165, 1.54) is 12.1 Å². The molecule has 0 amide bonds. The van der Waals surface area contributed by atoms with Crippen LogP contribution in [0.3, 0.4) is 0 Å². The number of halogens is 1. The zero-order chi connectivity index (χ0) is 12.1. The maximum absolute atomic E-state index is 10.8. The van der Waals surface area contributed by atoms with E-state index in [9.17, 15) is 4.79 Å². The molecule has 0 atom stereocenters. The van der Waals surface area contributed by atoms with Crippen molar-refractivity contribution in [1.82, 2.24) is 4.98 Å². The molecule has 0 aliphatic carbocycles. The van der Waals surface area contributed by atoms with Crippen LogP contribution < -0.4 is 4.90 Å². The van der Waals surface area contributed by atoms with E-state index in [1.807, 2.05) is 6.92 Å². The Kier molecular flexibility index (Phi) is 4.52. The van der Waals surface area contributed by atoms with Crippen molar-refractivity contribution in [2.75, 3.05) is 24.6 Å². The summed E-state index contributed by atoms with van der Waals surface area (Å²) in [6.45, 7) is 2.87. The van der Waals surface area contributed by atoms with E-state index in [2.05, 4.69) is 4.98 Å². The van der Waals surface area contributed by atoms with Gasteiger partial charge in [-0.05, 0) is 19.1 Å². The van der Waals surface area contributed by atoms with E-state index >= 15 is 0 Å². The molecule has 16 heavy (non-hydrogen) atoms. The van der Waals surface area contributed by atoms with Crippen LogP contribution in [0, 0.1) is 0 Å². The van der Waals surface area contributed by atoms with Crippen molar-refractivity contribution in [2.45, 2.75) is 6.92 Å². The summed E-state index contributed by atoms with van der Waals surface area (Å²) in [5, 5.41) is 17.9. The Morgan fingerprint density at radius 2 is 2.25 bits per heavy atom. The highest BCUT2D eigenvalue weighted by molar-refractivity contribution is 6.29. The molecular formula is C10H13ClN2O3. The number of hydrogen-bond acceptors (Lipinski definition) is 4. The van der Waals surface area contributed by atoms with Crippen molar-refractivity contribution in [3.63, 3.8) is 0 Å². The highest BCUT2D eigenvalue weighted by atomic mass is 35.5. The van der Waals surface area contributed by atoms with Crippen LogP contribution in [-0.4, -0.2) is 40.9 Å². The van der Waals surface area contributed by atoms with Gasteiger partial charge in [0.15, 0.2) is 0 Å². The first-order valence-corrected chi connectivity index (χ1v) is 5.23. The maximum atomic E-state index is 10.8. The van der Waals surface area contributed by atoms with Crippen molar-refractivity contribution in [1.29, 1.82) is 0 Å². The standard InChI is InChI=1S/C10H13ClN2O3/c1-2-13(3-4-14)9-6-7(10(15)16)5-8(11)12-9/h5-6,14H,2-4H2,1H3,(H,15,16). The number of carboxylic acids is 1. The third-order valence-electron chi connectivity index (χ3n) is 2.10. The molecule has 1 aromatic rings. The van der Waals surface area contributed by atoms with Gasteiger partial charge in [0.05, 0.1) is 12.2 Å². The molecule has 0 aliphatic heterocycles. The predicted molar refractivity (Wildman–Crippen MR) is 61.2 cm³/mol. The number of carbonyl (C=O) groups is 1. The summed E-state index contributed by atoms with van der Waals surface area (Å²) in [6.07, 6.45) is 0. The number of likely N-dealkylation sites (N-methyl/N-ethyl adjacent to an activating group) is 1. The molecule has 0 bridgehead atoms. The van der Waals surface area contributed by atoms with Crippen LogP contribution in [0.1, 0.15) is 17.3 Å². The first-order chi connectivity index (χ1) is 7.58. The average molecular weight is 245 g/mol. The number of aliphatic hydroxyl groups is 1. The minimum atomic E-state index is -1.05. The van der Waals surface area contributed by atoms with Gasteiger partial charge in [-0.2, -0.15) is 0 Å². The lowest BCUT2D eigenvalue weighted by Gasteiger charge is -2.21. The molecular weight excluding hydrogens is 232 g/mol. The van der Waals surface area contributed by atoms with Crippen LogP contribution in [0.4, 0.5) is 5.82 Å². The van der Waals surface area contributed by atoms with Gasteiger partial charge in [0.25, 0.3) is 0 Å². The fraction of sp³-hybridized carbons (Fsp3) is 0.400. The number of anilines is 1. The van der Waals surface area contributed by atoms with Crippen LogP contribution in [0.25, 0.3) is 0 Å². The highest BCUT2D eigenvalue weighted by Gasteiger charge is 2.11. The minimum Gasteiger partial charge on any atom is -0.478 e. The number of aromatic carboxylic acids is 1.